The van der Waals surface area contributed by atoms with Gasteiger partial charge < -0.3 is 15.4 Å². The van der Waals surface area contributed by atoms with Crippen molar-refractivity contribution in [3.05, 3.63) is 28.8 Å². The molecule has 1 atom stereocenters. The Kier molecular flexibility index (Phi) is 6.49. The molecule has 0 bridgehead atoms. The highest BCUT2D eigenvalue weighted by atomic mass is 35.5. The summed E-state index contributed by atoms with van der Waals surface area (Å²) < 4.78 is 5.28. The molecule has 2 rings (SSSR count). The van der Waals surface area contributed by atoms with E-state index in [4.69, 9.17) is 16.3 Å². The largest absolute Gasteiger partial charge is 0.496 e. The van der Waals surface area contributed by atoms with Gasteiger partial charge in [0.2, 0.25) is 5.91 Å². The molecular weight excluding hydrogens is 302 g/mol. The molecule has 1 aromatic rings. The maximum atomic E-state index is 12.1. The van der Waals surface area contributed by atoms with Crippen molar-refractivity contribution in [2.75, 3.05) is 33.8 Å². The Hall–Kier alpha value is -1.30. The zero-order chi connectivity index (χ0) is 15.9. The number of nitrogens with one attached hydrogen (secondary N) is 2. The molecule has 1 unspecified atom stereocenters. The number of amides is 1. The van der Waals surface area contributed by atoms with E-state index >= 15 is 0 Å². The van der Waals surface area contributed by atoms with E-state index in [2.05, 4.69) is 15.5 Å². The number of nitrogens with zero attached hydrogens (tertiary/aromatic N) is 1. The minimum absolute atomic E-state index is 0.0266. The fourth-order valence-electron chi connectivity index (χ4n) is 2.77. The van der Waals surface area contributed by atoms with Gasteiger partial charge in [0.05, 0.1) is 13.7 Å². The molecule has 1 amide bonds. The Labute approximate surface area is 137 Å². The molecule has 0 radical (unpaired) electrons. The van der Waals surface area contributed by atoms with Gasteiger partial charge in [0.25, 0.3) is 0 Å². The van der Waals surface area contributed by atoms with E-state index in [-0.39, 0.29) is 5.91 Å². The van der Waals surface area contributed by atoms with Crippen LogP contribution in [-0.2, 0) is 11.3 Å². The van der Waals surface area contributed by atoms with Crippen molar-refractivity contribution in [3.63, 3.8) is 0 Å². The summed E-state index contributed by atoms with van der Waals surface area (Å²) in [6, 6.07) is 5.89. The molecule has 1 aliphatic heterocycles. The number of hydrogen-bond acceptors (Lipinski definition) is 4. The number of carbonyl (C=O) groups excluding carboxylic acids is 1. The Balaban J connectivity index is 1.84. The number of rotatable bonds is 6. The predicted octanol–water partition coefficient (Wildman–Crippen LogP) is 1.65. The van der Waals surface area contributed by atoms with Gasteiger partial charge >= 0.3 is 0 Å². The van der Waals surface area contributed by atoms with Crippen LogP contribution in [0.4, 0.5) is 0 Å². The van der Waals surface area contributed by atoms with Crippen LogP contribution < -0.4 is 15.4 Å². The van der Waals surface area contributed by atoms with Gasteiger partial charge in [-0.25, -0.2) is 0 Å². The van der Waals surface area contributed by atoms with Gasteiger partial charge in [0, 0.05) is 29.7 Å². The van der Waals surface area contributed by atoms with Crippen LogP contribution in [0.25, 0.3) is 0 Å². The predicted molar refractivity (Wildman–Crippen MR) is 88.4 cm³/mol. The van der Waals surface area contributed by atoms with Gasteiger partial charge in [-0.1, -0.05) is 11.6 Å². The fraction of sp³-hybridized carbons (Fsp3) is 0.562. The van der Waals surface area contributed by atoms with E-state index in [0.29, 0.717) is 24.2 Å². The molecule has 122 valence electrons. The minimum atomic E-state index is 0.0266. The summed E-state index contributed by atoms with van der Waals surface area (Å²) in [7, 11) is 3.58. The number of benzene rings is 1. The lowest BCUT2D eigenvalue weighted by Gasteiger charge is -2.31. The lowest BCUT2D eigenvalue weighted by molar-refractivity contribution is -0.122. The van der Waals surface area contributed by atoms with Crippen LogP contribution in [0, 0.1) is 0 Å². The Morgan fingerprint density at radius 1 is 1.50 bits per heavy atom. The number of halogens is 1. The van der Waals surface area contributed by atoms with Crippen LogP contribution in [0.15, 0.2) is 18.2 Å². The number of methoxy groups -OCH3 is 1. The normalized spacial score (nSPS) is 19.0. The molecule has 1 fully saturated rings. The number of piperidine rings is 1. The zero-order valence-corrected chi connectivity index (χ0v) is 13.9. The SMILES string of the molecule is CNC1CCCN(CC(=O)NCc2cc(Cl)ccc2OC)C1. The standard InChI is InChI=1S/C16H24ClN3O2/c1-18-14-4-3-7-20(10-14)11-16(21)19-9-12-8-13(17)5-6-15(12)22-2/h5-6,8,14,18H,3-4,7,9-11H2,1-2H3,(H,19,21). The Morgan fingerprint density at radius 3 is 3.05 bits per heavy atom. The van der Waals surface area contributed by atoms with Crippen LogP contribution in [0.3, 0.4) is 0 Å². The molecule has 22 heavy (non-hydrogen) atoms. The first-order valence-corrected chi connectivity index (χ1v) is 7.99. The van der Waals surface area contributed by atoms with Crippen molar-refractivity contribution in [3.8, 4) is 5.75 Å². The highest BCUT2D eigenvalue weighted by molar-refractivity contribution is 6.30. The third-order valence-electron chi connectivity index (χ3n) is 4.00. The van der Waals surface area contributed by atoms with Crippen molar-refractivity contribution in [2.24, 2.45) is 0 Å². The highest BCUT2D eigenvalue weighted by Crippen LogP contribution is 2.22. The molecule has 0 aliphatic carbocycles. The Morgan fingerprint density at radius 2 is 2.32 bits per heavy atom. The molecule has 1 aromatic carbocycles. The molecule has 0 spiro atoms. The van der Waals surface area contributed by atoms with Crippen LogP contribution in [0.5, 0.6) is 5.75 Å². The maximum absolute atomic E-state index is 12.1. The van der Waals surface area contributed by atoms with E-state index in [1.807, 2.05) is 19.2 Å². The zero-order valence-electron chi connectivity index (χ0n) is 13.2. The van der Waals surface area contributed by atoms with Crippen LogP contribution in [0.1, 0.15) is 18.4 Å². The van der Waals surface area contributed by atoms with Crippen molar-refractivity contribution < 1.29 is 9.53 Å². The molecule has 1 aliphatic rings. The van der Waals surface area contributed by atoms with E-state index in [1.54, 1.807) is 13.2 Å². The number of ether oxygens (including phenoxy) is 1. The maximum Gasteiger partial charge on any atom is 0.234 e. The molecule has 0 saturated carbocycles. The summed E-state index contributed by atoms with van der Waals surface area (Å²) in [4.78, 5) is 14.3. The lowest BCUT2D eigenvalue weighted by atomic mass is 10.1. The van der Waals surface area contributed by atoms with Crippen molar-refractivity contribution in [2.45, 2.75) is 25.4 Å². The quantitative estimate of drug-likeness (QED) is 0.835. The van der Waals surface area contributed by atoms with Crippen molar-refractivity contribution in [1.29, 1.82) is 0 Å². The molecule has 1 heterocycles. The topological polar surface area (TPSA) is 53.6 Å². The molecule has 1 saturated heterocycles. The first kappa shape index (κ1) is 17.1. The van der Waals surface area contributed by atoms with Gasteiger partial charge in [-0.2, -0.15) is 0 Å². The second-order valence-corrected chi connectivity index (χ2v) is 6.03. The van der Waals surface area contributed by atoms with Gasteiger partial charge in [-0.05, 0) is 44.6 Å². The fourth-order valence-corrected chi connectivity index (χ4v) is 2.97. The Bertz CT molecular complexity index is 510. The average Bonchev–Trinajstić information content (AvgIpc) is 2.53. The summed E-state index contributed by atoms with van der Waals surface area (Å²) in [5, 5.41) is 6.86. The van der Waals surface area contributed by atoms with Gasteiger partial charge in [0.15, 0.2) is 0 Å². The molecular formula is C16H24ClN3O2. The summed E-state index contributed by atoms with van der Waals surface area (Å²) in [5.41, 5.74) is 0.884. The van der Waals surface area contributed by atoms with Crippen molar-refractivity contribution in [1.82, 2.24) is 15.5 Å². The highest BCUT2D eigenvalue weighted by Gasteiger charge is 2.20. The monoisotopic (exact) mass is 325 g/mol. The smallest absolute Gasteiger partial charge is 0.234 e. The van der Waals surface area contributed by atoms with E-state index in [1.165, 1.54) is 6.42 Å². The lowest BCUT2D eigenvalue weighted by Crippen LogP contribution is -2.47. The summed E-state index contributed by atoms with van der Waals surface area (Å²) in [6.07, 6.45) is 2.30. The van der Waals surface area contributed by atoms with Gasteiger partial charge in [-0.15, -0.1) is 0 Å². The molecule has 0 aromatic heterocycles. The first-order chi connectivity index (χ1) is 10.6. The number of hydrogen-bond donors (Lipinski definition) is 2. The number of carbonyl (C=O) groups is 1. The average molecular weight is 326 g/mol. The minimum Gasteiger partial charge on any atom is -0.496 e. The van der Waals surface area contributed by atoms with Gasteiger partial charge in [0.1, 0.15) is 5.75 Å². The van der Waals surface area contributed by atoms with Crippen LogP contribution in [0.2, 0.25) is 5.02 Å². The third-order valence-corrected chi connectivity index (χ3v) is 4.23. The van der Waals surface area contributed by atoms with Gasteiger partial charge in [-0.3, -0.25) is 9.69 Å². The first-order valence-electron chi connectivity index (χ1n) is 7.61. The summed E-state index contributed by atoms with van der Waals surface area (Å²) in [5.74, 6) is 0.761. The molecule has 5 nitrogen and oxygen atoms in total. The van der Waals surface area contributed by atoms with E-state index in [9.17, 15) is 4.79 Å². The third kappa shape index (κ3) is 4.87. The number of likely N-dealkylation sites (N-methyl/N-ethyl adjacent to an activating group) is 1. The number of likely N-dealkylation sites (tertiary alicyclic amines) is 1. The molecule has 2 N–H and O–H groups in total. The van der Waals surface area contributed by atoms with E-state index < -0.39 is 0 Å². The van der Waals surface area contributed by atoms with E-state index in [0.717, 1.165) is 30.8 Å². The second kappa shape index (κ2) is 8.36. The summed E-state index contributed by atoms with van der Waals surface area (Å²) >= 11 is 5.99. The second-order valence-electron chi connectivity index (χ2n) is 5.60. The van der Waals surface area contributed by atoms with Crippen LogP contribution >= 0.6 is 11.6 Å². The summed E-state index contributed by atoms with van der Waals surface area (Å²) in [6.45, 7) is 2.75. The van der Waals surface area contributed by atoms with Crippen molar-refractivity contribution >= 4 is 17.5 Å². The van der Waals surface area contributed by atoms with Crippen LogP contribution in [-0.4, -0.2) is 50.6 Å². The molecule has 6 heteroatoms.